The Hall–Kier alpha value is -1.98. The first-order valence-electron chi connectivity index (χ1n) is 6.94. The predicted molar refractivity (Wildman–Crippen MR) is 74.0 cm³/mol. The van der Waals surface area contributed by atoms with E-state index in [-0.39, 0.29) is 5.56 Å². The van der Waals surface area contributed by atoms with Crippen molar-refractivity contribution in [2.75, 3.05) is 0 Å². The van der Waals surface area contributed by atoms with Gasteiger partial charge in [-0.25, -0.2) is 13.6 Å². The minimum absolute atomic E-state index is 0.103. The van der Waals surface area contributed by atoms with Gasteiger partial charge in [-0.05, 0) is 24.6 Å². The predicted octanol–water partition coefficient (Wildman–Crippen LogP) is 3.12. The molecule has 0 aromatic heterocycles. The first-order valence-corrected chi connectivity index (χ1v) is 6.94. The molecule has 0 heterocycles. The standard InChI is InChI=1S/C15H19F2NO3/c1-2-3-4-5-6-13(15(20)21)18-14(19)10-7-8-11(16)12(17)9-10/h7-9,13H,2-6H2,1H3,(H,18,19)(H,20,21)/t13-/m1/s1. The Morgan fingerprint density at radius 1 is 1.19 bits per heavy atom. The van der Waals surface area contributed by atoms with E-state index in [4.69, 9.17) is 5.11 Å². The second kappa shape index (κ2) is 8.34. The molecule has 0 saturated heterocycles. The molecule has 1 aromatic carbocycles. The number of unbranched alkanes of at least 4 members (excludes halogenated alkanes) is 3. The summed E-state index contributed by atoms with van der Waals surface area (Å²) in [6.45, 7) is 2.04. The molecule has 0 aliphatic heterocycles. The summed E-state index contributed by atoms with van der Waals surface area (Å²) in [6, 6.07) is 1.67. The fraction of sp³-hybridized carbons (Fsp3) is 0.467. The van der Waals surface area contributed by atoms with Crippen molar-refractivity contribution in [2.24, 2.45) is 0 Å². The van der Waals surface area contributed by atoms with Crippen LogP contribution in [0.25, 0.3) is 0 Å². The van der Waals surface area contributed by atoms with Gasteiger partial charge in [0.25, 0.3) is 5.91 Å². The Morgan fingerprint density at radius 3 is 2.48 bits per heavy atom. The Bertz CT molecular complexity index is 506. The molecule has 0 radical (unpaired) electrons. The quantitative estimate of drug-likeness (QED) is 0.725. The highest BCUT2D eigenvalue weighted by molar-refractivity contribution is 5.96. The highest BCUT2D eigenvalue weighted by Gasteiger charge is 2.20. The fourth-order valence-electron chi connectivity index (χ4n) is 1.91. The Kier molecular flexibility index (Phi) is 6.78. The van der Waals surface area contributed by atoms with Crippen LogP contribution in [0.4, 0.5) is 8.78 Å². The number of carbonyl (C=O) groups is 2. The number of hydrogen-bond acceptors (Lipinski definition) is 2. The normalized spacial score (nSPS) is 12.0. The zero-order valence-corrected chi connectivity index (χ0v) is 11.9. The summed E-state index contributed by atoms with van der Waals surface area (Å²) in [5.41, 5.74) is -0.103. The zero-order valence-electron chi connectivity index (χ0n) is 11.9. The summed E-state index contributed by atoms with van der Waals surface area (Å²) in [5.74, 6) is -4.06. The van der Waals surface area contributed by atoms with Crippen LogP contribution < -0.4 is 5.32 Å². The minimum Gasteiger partial charge on any atom is -0.480 e. The van der Waals surface area contributed by atoms with Gasteiger partial charge in [-0.2, -0.15) is 0 Å². The first-order chi connectivity index (χ1) is 9.95. The third-order valence-electron chi connectivity index (χ3n) is 3.13. The van der Waals surface area contributed by atoms with Crippen molar-refractivity contribution in [3.8, 4) is 0 Å². The van der Waals surface area contributed by atoms with E-state index in [2.05, 4.69) is 5.32 Å². The van der Waals surface area contributed by atoms with E-state index in [1.54, 1.807) is 0 Å². The van der Waals surface area contributed by atoms with Gasteiger partial charge >= 0.3 is 5.97 Å². The number of rotatable bonds is 8. The van der Waals surface area contributed by atoms with Gasteiger partial charge in [-0.1, -0.05) is 32.6 Å². The molecule has 0 unspecified atom stereocenters. The van der Waals surface area contributed by atoms with Crippen molar-refractivity contribution in [2.45, 2.75) is 45.1 Å². The van der Waals surface area contributed by atoms with Crippen LogP contribution in [0.1, 0.15) is 49.4 Å². The molecule has 4 nitrogen and oxygen atoms in total. The van der Waals surface area contributed by atoms with Crippen LogP contribution in [0, 0.1) is 11.6 Å². The second-order valence-electron chi connectivity index (χ2n) is 4.84. The van der Waals surface area contributed by atoms with E-state index in [1.807, 2.05) is 6.92 Å². The van der Waals surface area contributed by atoms with Crippen LogP contribution in [0.15, 0.2) is 18.2 Å². The van der Waals surface area contributed by atoms with Crippen LogP contribution in [-0.4, -0.2) is 23.0 Å². The lowest BCUT2D eigenvalue weighted by atomic mass is 10.1. The summed E-state index contributed by atoms with van der Waals surface area (Å²) < 4.78 is 25.8. The second-order valence-corrected chi connectivity index (χ2v) is 4.84. The Balaban J connectivity index is 2.63. The molecule has 6 heteroatoms. The van der Waals surface area contributed by atoms with Gasteiger partial charge < -0.3 is 10.4 Å². The lowest BCUT2D eigenvalue weighted by Gasteiger charge is -2.14. The molecule has 0 saturated carbocycles. The third-order valence-corrected chi connectivity index (χ3v) is 3.13. The monoisotopic (exact) mass is 299 g/mol. The SMILES string of the molecule is CCCCCC[C@@H](NC(=O)c1ccc(F)c(F)c1)C(=O)O. The molecule has 0 spiro atoms. The van der Waals surface area contributed by atoms with Gasteiger partial charge in [-0.3, -0.25) is 4.79 Å². The van der Waals surface area contributed by atoms with E-state index >= 15 is 0 Å². The number of carbonyl (C=O) groups excluding carboxylic acids is 1. The maximum atomic E-state index is 13.1. The van der Waals surface area contributed by atoms with Crippen molar-refractivity contribution < 1.29 is 23.5 Å². The molecule has 0 bridgehead atoms. The van der Waals surface area contributed by atoms with Crippen LogP contribution >= 0.6 is 0 Å². The summed E-state index contributed by atoms with van der Waals surface area (Å²) in [5, 5.41) is 11.4. The van der Waals surface area contributed by atoms with Crippen molar-refractivity contribution in [1.29, 1.82) is 0 Å². The molecular weight excluding hydrogens is 280 g/mol. The average Bonchev–Trinajstić information content (AvgIpc) is 2.44. The lowest BCUT2D eigenvalue weighted by molar-refractivity contribution is -0.139. The van der Waals surface area contributed by atoms with Crippen molar-refractivity contribution >= 4 is 11.9 Å². The van der Waals surface area contributed by atoms with Crippen LogP contribution in [0.3, 0.4) is 0 Å². The van der Waals surface area contributed by atoms with Crippen molar-refractivity contribution in [3.63, 3.8) is 0 Å². The maximum absolute atomic E-state index is 13.1. The van der Waals surface area contributed by atoms with Gasteiger partial charge in [0, 0.05) is 5.56 Å². The highest BCUT2D eigenvalue weighted by Crippen LogP contribution is 2.10. The van der Waals surface area contributed by atoms with Gasteiger partial charge in [-0.15, -0.1) is 0 Å². The molecule has 116 valence electrons. The largest absolute Gasteiger partial charge is 0.480 e. The number of halogens is 2. The average molecular weight is 299 g/mol. The zero-order chi connectivity index (χ0) is 15.8. The highest BCUT2D eigenvalue weighted by atomic mass is 19.2. The topological polar surface area (TPSA) is 66.4 Å². The smallest absolute Gasteiger partial charge is 0.326 e. The van der Waals surface area contributed by atoms with Crippen LogP contribution in [0.2, 0.25) is 0 Å². The van der Waals surface area contributed by atoms with E-state index < -0.39 is 29.6 Å². The maximum Gasteiger partial charge on any atom is 0.326 e. The summed E-state index contributed by atoms with van der Waals surface area (Å²) in [6.07, 6.45) is 3.91. The van der Waals surface area contributed by atoms with Crippen LogP contribution in [-0.2, 0) is 4.79 Å². The fourth-order valence-corrected chi connectivity index (χ4v) is 1.91. The van der Waals surface area contributed by atoms with Gasteiger partial charge in [0.15, 0.2) is 11.6 Å². The van der Waals surface area contributed by atoms with E-state index in [1.165, 1.54) is 0 Å². The minimum atomic E-state index is -1.14. The van der Waals surface area contributed by atoms with E-state index in [9.17, 15) is 18.4 Å². The van der Waals surface area contributed by atoms with Gasteiger partial charge in [0.2, 0.25) is 0 Å². The number of carboxylic acid groups (broad SMARTS) is 1. The molecule has 0 fully saturated rings. The molecule has 0 aliphatic rings. The third kappa shape index (κ3) is 5.49. The van der Waals surface area contributed by atoms with Gasteiger partial charge in [0.05, 0.1) is 0 Å². The Labute approximate surface area is 122 Å². The summed E-state index contributed by atoms with van der Waals surface area (Å²) >= 11 is 0. The van der Waals surface area contributed by atoms with Crippen molar-refractivity contribution in [1.82, 2.24) is 5.32 Å². The first kappa shape index (κ1) is 17.1. The molecule has 1 atom stereocenters. The molecule has 1 rings (SSSR count). The van der Waals surface area contributed by atoms with Crippen LogP contribution in [0.5, 0.6) is 0 Å². The lowest BCUT2D eigenvalue weighted by Crippen LogP contribution is -2.40. The number of carboxylic acids is 1. The number of hydrogen-bond donors (Lipinski definition) is 2. The number of nitrogens with one attached hydrogen (secondary N) is 1. The number of aliphatic carboxylic acids is 1. The molecule has 1 amide bonds. The van der Waals surface area contributed by atoms with E-state index in [0.717, 1.165) is 37.5 Å². The number of amides is 1. The molecular formula is C15H19F2NO3. The number of benzene rings is 1. The molecule has 1 aromatic rings. The molecule has 2 N–H and O–H groups in total. The molecule has 21 heavy (non-hydrogen) atoms. The molecule has 0 aliphatic carbocycles. The summed E-state index contributed by atoms with van der Waals surface area (Å²) in [4.78, 5) is 23.0. The summed E-state index contributed by atoms with van der Waals surface area (Å²) in [7, 11) is 0. The Morgan fingerprint density at radius 2 is 1.90 bits per heavy atom. The van der Waals surface area contributed by atoms with Crippen molar-refractivity contribution in [3.05, 3.63) is 35.4 Å². The van der Waals surface area contributed by atoms with E-state index in [0.29, 0.717) is 12.8 Å². The van der Waals surface area contributed by atoms with Gasteiger partial charge in [0.1, 0.15) is 6.04 Å².